The van der Waals surface area contributed by atoms with Gasteiger partial charge in [-0.05, 0) is 13.0 Å². The van der Waals surface area contributed by atoms with E-state index >= 15 is 0 Å². The Morgan fingerprint density at radius 3 is 2.73 bits per heavy atom. The van der Waals surface area contributed by atoms with Crippen molar-refractivity contribution in [1.82, 2.24) is 15.1 Å². The van der Waals surface area contributed by atoms with E-state index in [0.717, 1.165) is 5.69 Å². The van der Waals surface area contributed by atoms with Gasteiger partial charge in [0.25, 0.3) is 0 Å². The second-order valence-electron chi connectivity index (χ2n) is 3.27. The van der Waals surface area contributed by atoms with Crippen LogP contribution in [0.3, 0.4) is 0 Å². The molecule has 1 amide bonds. The van der Waals surface area contributed by atoms with Crippen LogP contribution in [-0.4, -0.2) is 32.8 Å². The second-order valence-corrected chi connectivity index (χ2v) is 3.27. The van der Waals surface area contributed by atoms with E-state index in [-0.39, 0.29) is 12.5 Å². The molecular formula is C9H13N3O3. The minimum Gasteiger partial charge on any atom is -0.480 e. The fraction of sp³-hybridized carbons (Fsp3) is 0.444. The highest BCUT2D eigenvalue weighted by Gasteiger charge is 2.18. The minimum atomic E-state index is -1.07. The molecule has 0 saturated heterocycles. The van der Waals surface area contributed by atoms with Gasteiger partial charge in [0.15, 0.2) is 0 Å². The van der Waals surface area contributed by atoms with Crippen LogP contribution < -0.4 is 5.32 Å². The number of carbonyl (C=O) groups is 2. The van der Waals surface area contributed by atoms with Crippen LogP contribution in [0.5, 0.6) is 0 Å². The maximum atomic E-state index is 10.8. The highest BCUT2D eigenvalue weighted by Crippen LogP contribution is 1.96. The second kappa shape index (κ2) is 4.59. The summed E-state index contributed by atoms with van der Waals surface area (Å²) in [5.41, 5.74) is 0.807. The van der Waals surface area contributed by atoms with Crippen LogP contribution >= 0.6 is 0 Å². The van der Waals surface area contributed by atoms with Crippen molar-refractivity contribution in [2.24, 2.45) is 0 Å². The molecule has 1 atom stereocenters. The first-order valence-corrected chi connectivity index (χ1v) is 4.49. The molecular weight excluding hydrogens is 198 g/mol. The van der Waals surface area contributed by atoms with E-state index in [1.165, 1.54) is 11.6 Å². The topological polar surface area (TPSA) is 84.2 Å². The third-order valence-electron chi connectivity index (χ3n) is 1.82. The van der Waals surface area contributed by atoms with Crippen LogP contribution in [0.4, 0.5) is 0 Å². The molecule has 0 aliphatic heterocycles. The Morgan fingerprint density at radius 2 is 2.33 bits per heavy atom. The molecule has 0 saturated carbocycles. The fourth-order valence-electron chi connectivity index (χ4n) is 1.18. The Bertz CT molecular complexity index is 372. The van der Waals surface area contributed by atoms with Crippen LogP contribution in [0, 0.1) is 6.92 Å². The molecule has 6 heteroatoms. The lowest BCUT2D eigenvalue weighted by atomic mass is 10.3. The lowest BCUT2D eigenvalue weighted by molar-refractivity contribution is -0.142. The molecule has 6 nitrogen and oxygen atoms in total. The summed E-state index contributed by atoms with van der Waals surface area (Å²) in [5, 5.41) is 15.2. The van der Waals surface area contributed by atoms with Gasteiger partial charge in [0.1, 0.15) is 6.04 Å². The first-order valence-electron chi connectivity index (χ1n) is 4.49. The van der Waals surface area contributed by atoms with Crippen molar-refractivity contribution >= 4 is 11.9 Å². The smallest absolute Gasteiger partial charge is 0.328 e. The standard InChI is InChI=1S/C9H13N3O3/c1-6-3-4-12(11-6)5-8(9(14)15)10-7(2)13/h3-4,8H,5H2,1-2H3,(H,10,13)(H,14,15). The van der Waals surface area contributed by atoms with Gasteiger partial charge in [0, 0.05) is 13.1 Å². The van der Waals surface area contributed by atoms with E-state index < -0.39 is 12.0 Å². The first-order chi connectivity index (χ1) is 6.99. The van der Waals surface area contributed by atoms with Crippen LogP contribution in [0.2, 0.25) is 0 Å². The molecule has 1 unspecified atom stereocenters. The number of hydrogen-bond acceptors (Lipinski definition) is 3. The number of carboxylic acid groups (broad SMARTS) is 1. The molecule has 15 heavy (non-hydrogen) atoms. The summed E-state index contributed by atoms with van der Waals surface area (Å²) in [4.78, 5) is 21.5. The number of amides is 1. The summed E-state index contributed by atoms with van der Waals surface area (Å²) in [6, 6.07) is 0.828. The van der Waals surface area contributed by atoms with Gasteiger partial charge in [-0.15, -0.1) is 0 Å². The number of hydrogen-bond donors (Lipinski definition) is 2. The quantitative estimate of drug-likeness (QED) is 0.721. The van der Waals surface area contributed by atoms with Gasteiger partial charge in [-0.2, -0.15) is 5.10 Å². The maximum absolute atomic E-state index is 10.8. The van der Waals surface area contributed by atoms with Gasteiger partial charge in [0.2, 0.25) is 5.91 Å². The summed E-state index contributed by atoms with van der Waals surface area (Å²) < 4.78 is 1.49. The summed E-state index contributed by atoms with van der Waals surface area (Å²) >= 11 is 0. The number of aromatic nitrogens is 2. The van der Waals surface area contributed by atoms with Gasteiger partial charge in [0.05, 0.1) is 12.2 Å². The Morgan fingerprint density at radius 1 is 1.67 bits per heavy atom. The molecule has 1 rings (SSSR count). The molecule has 0 bridgehead atoms. The zero-order valence-corrected chi connectivity index (χ0v) is 8.60. The largest absolute Gasteiger partial charge is 0.480 e. The van der Waals surface area contributed by atoms with Crippen LogP contribution in [0.25, 0.3) is 0 Å². The molecule has 1 heterocycles. The Kier molecular flexibility index (Phi) is 3.43. The third-order valence-corrected chi connectivity index (χ3v) is 1.82. The number of carbonyl (C=O) groups excluding carboxylic acids is 1. The van der Waals surface area contributed by atoms with Crippen LogP contribution in [0.1, 0.15) is 12.6 Å². The number of rotatable bonds is 4. The van der Waals surface area contributed by atoms with Gasteiger partial charge in [-0.1, -0.05) is 0 Å². The molecule has 82 valence electrons. The van der Waals surface area contributed by atoms with Gasteiger partial charge in [-0.3, -0.25) is 9.48 Å². The average Bonchev–Trinajstić information content (AvgIpc) is 2.49. The molecule has 0 aliphatic rings. The van der Waals surface area contributed by atoms with Crippen molar-refractivity contribution in [2.45, 2.75) is 26.4 Å². The van der Waals surface area contributed by atoms with Crippen molar-refractivity contribution in [3.63, 3.8) is 0 Å². The number of aliphatic carboxylic acids is 1. The number of carboxylic acids is 1. The first kappa shape index (κ1) is 11.2. The van der Waals surface area contributed by atoms with E-state index in [9.17, 15) is 9.59 Å². The van der Waals surface area contributed by atoms with Crippen molar-refractivity contribution < 1.29 is 14.7 Å². The highest BCUT2D eigenvalue weighted by molar-refractivity contribution is 5.81. The normalized spacial score (nSPS) is 12.1. The summed E-state index contributed by atoms with van der Waals surface area (Å²) in [5.74, 6) is -1.44. The SMILES string of the molecule is CC(=O)NC(Cn1ccc(C)n1)C(=O)O. The monoisotopic (exact) mass is 211 g/mol. The molecule has 1 aromatic heterocycles. The number of nitrogens with one attached hydrogen (secondary N) is 1. The summed E-state index contributed by atoms with van der Waals surface area (Å²) in [7, 11) is 0. The average molecular weight is 211 g/mol. The fourth-order valence-corrected chi connectivity index (χ4v) is 1.18. The van der Waals surface area contributed by atoms with E-state index in [0.29, 0.717) is 0 Å². The zero-order valence-electron chi connectivity index (χ0n) is 8.60. The molecule has 2 N–H and O–H groups in total. The Balaban J connectivity index is 2.66. The van der Waals surface area contributed by atoms with Gasteiger partial charge < -0.3 is 10.4 Å². The van der Waals surface area contributed by atoms with Crippen LogP contribution in [0.15, 0.2) is 12.3 Å². The molecule has 0 aromatic carbocycles. The zero-order chi connectivity index (χ0) is 11.4. The summed E-state index contributed by atoms with van der Waals surface area (Å²) in [6.07, 6.45) is 1.67. The number of aryl methyl sites for hydroxylation is 1. The molecule has 0 aliphatic carbocycles. The maximum Gasteiger partial charge on any atom is 0.328 e. The van der Waals surface area contributed by atoms with Crippen molar-refractivity contribution in [3.8, 4) is 0 Å². The van der Waals surface area contributed by atoms with E-state index in [1.807, 2.05) is 6.92 Å². The van der Waals surface area contributed by atoms with Gasteiger partial charge >= 0.3 is 5.97 Å². The molecule has 1 aromatic rings. The van der Waals surface area contributed by atoms with Crippen LogP contribution in [-0.2, 0) is 16.1 Å². The van der Waals surface area contributed by atoms with Crippen molar-refractivity contribution in [3.05, 3.63) is 18.0 Å². The van der Waals surface area contributed by atoms with E-state index in [2.05, 4.69) is 10.4 Å². The summed E-state index contributed by atoms with van der Waals surface area (Å²) in [6.45, 7) is 3.22. The van der Waals surface area contributed by atoms with Crippen molar-refractivity contribution in [2.75, 3.05) is 0 Å². The Labute approximate surface area is 86.9 Å². The minimum absolute atomic E-state index is 0.128. The molecule has 0 radical (unpaired) electrons. The lowest BCUT2D eigenvalue weighted by Gasteiger charge is -2.12. The molecule has 0 spiro atoms. The third kappa shape index (κ3) is 3.41. The lowest BCUT2D eigenvalue weighted by Crippen LogP contribution is -2.42. The predicted molar refractivity (Wildman–Crippen MR) is 52.2 cm³/mol. The van der Waals surface area contributed by atoms with E-state index in [1.54, 1.807) is 12.3 Å². The molecule has 0 fully saturated rings. The highest BCUT2D eigenvalue weighted by atomic mass is 16.4. The van der Waals surface area contributed by atoms with Crippen molar-refractivity contribution in [1.29, 1.82) is 0 Å². The number of nitrogens with zero attached hydrogens (tertiary/aromatic N) is 2. The van der Waals surface area contributed by atoms with Gasteiger partial charge in [-0.25, -0.2) is 4.79 Å². The van der Waals surface area contributed by atoms with E-state index in [4.69, 9.17) is 5.11 Å². The predicted octanol–water partition coefficient (Wildman–Crippen LogP) is -0.219. The Hall–Kier alpha value is -1.85.